The molecule has 5 rings (SSSR count). The molecule has 35 heavy (non-hydrogen) atoms. The number of benzene rings is 2. The molecule has 2 aliphatic rings. The average Bonchev–Trinajstić information content (AvgIpc) is 3.52. The lowest BCUT2D eigenvalue weighted by atomic mass is 9.97. The molecule has 2 aromatic carbocycles. The predicted octanol–water partition coefficient (Wildman–Crippen LogP) is 4.74. The van der Waals surface area contributed by atoms with Gasteiger partial charge in [-0.2, -0.15) is 0 Å². The zero-order valence-electron chi connectivity index (χ0n) is 19.3. The Morgan fingerprint density at radius 1 is 1.17 bits per heavy atom. The first-order valence-electron chi connectivity index (χ1n) is 11.5. The van der Waals surface area contributed by atoms with Crippen LogP contribution in [0, 0.1) is 0 Å². The first kappa shape index (κ1) is 23.6. The summed E-state index contributed by atoms with van der Waals surface area (Å²) in [5.41, 5.74) is 3.24. The van der Waals surface area contributed by atoms with E-state index < -0.39 is 0 Å². The van der Waals surface area contributed by atoms with E-state index in [0.717, 1.165) is 29.0 Å². The van der Waals surface area contributed by atoms with E-state index >= 15 is 0 Å². The number of amides is 2. The summed E-state index contributed by atoms with van der Waals surface area (Å²) in [4.78, 5) is 44.9. The second-order valence-corrected chi connectivity index (χ2v) is 10.4. The van der Waals surface area contributed by atoms with Crippen molar-refractivity contribution < 1.29 is 19.1 Å². The van der Waals surface area contributed by atoms with Crippen LogP contribution in [-0.2, 0) is 22.6 Å². The lowest BCUT2D eigenvalue weighted by molar-refractivity contribution is -0.131. The number of nitrogens with one attached hydrogen (secondary N) is 1. The number of rotatable bonds is 6. The normalized spacial score (nSPS) is 15.6. The number of thiazole rings is 1. The molecule has 0 radical (unpaired) electrons. The minimum absolute atomic E-state index is 0.151. The monoisotopic (exact) mass is 507 g/mol. The van der Waals surface area contributed by atoms with Crippen molar-refractivity contribution in [2.75, 3.05) is 24.7 Å². The van der Waals surface area contributed by atoms with Crippen molar-refractivity contribution >= 4 is 46.6 Å². The number of ether oxygens (including phenoxy) is 1. The SMILES string of the molecule is CSc1ccc(CC(=O)N2CCC(c3nc(C(=O)Nc4ccc5c(c4)C(=O)OC5)cs3)CC2)cc1. The molecule has 1 fully saturated rings. The van der Waals surface area contributed by atoms with Crippen molar-refractivity contribution in [2.24, 2.45) is 0 Å². The van der Waals surface area contributed by atoms with Gasteiger partial charge in [0.25, 0.3) is 5.91 Å². The van der Waals surface area contributed by atoms with E-state index in [-0.39, 0.29) is 30.3 Å². The number of esters is 1. The highest BCUT2D eigenvalue weighted by atomic mass is 32.2. The van der Waals surface area contributed by atoms with E-state index in [1.807, 2.05) is 35.4 Å². The fourth-order valence-corrected chi connectivity index (χ4v) is 5.75. The van der Waals surface area contributed by atoms with Gasteiger partial charge in [-0.15, -0.1) is 23.1 Å². The summed E-state index contributed by atoms with van der Waals surface area (Å²) in [6.07, 6.45) is 4.12. The van der Waals surface area contributed by atoms with Crippen LogP contribution in [0.5, 0.6) is 0 Å². The van der Waals surface area contributed by atoms with E-state index in [4.69, 9.17) is 4.74 Å². The third-order valence-electron chi connectivity index (χ3n) is 6.41. The quantitative estimate of drug-likeness (QED) is 0.383. The first-order valence-corrected chi connectivity index (χ1v) is 13.6. The Hall–Kier alpha value is -3.17. The van der Waals surface area contributed by atoms with Gasteiger partial charge in [-0.25, -0.2) is 9.78 Å². The van der Waals surface area contributed by atoms with Crippen LogP contribution in [0.4, 0.5) is 5.69 Å². The van der Waals surface area contributed by atoms with Gasteiger partial charge in [-0.05, 0) is 48.9 Å². The second kappa shape index (κ2) is 10.2. The van der Waals surface area contributed by atoms with Crippen LogP contribution in [0.25, 0.3) is 0 Å². The number of fused-ring (bicyclic) bond motifs is 1. The van der Waals surface area contributed by atoms with E-state index in [1.165, 1.54) is 16.2 Å². The molecular formula is C26H25N3O4S2. The molecular weight excluding hydrogens is 482 g/mol. The van der Waals surface area contributed by atoms with Crippen molar-refractivity contribution in [1.29, 1.82) is 0 Å². The molecule has 0 spiro atoms. The van der Waals surface area contributed by atoms with Crippen LogP contribution < -0.4 is 5.32 Å². The molecule has 180 valence electrons. The van der Waals surface area contributed by atoms with E-state index in [0.29, 0.717) is 36.5 Å². The topological polar surface area (TPSA) is 88.6 Å². The van der Waals surface area contributed by atoms with Gasteiger partial charge in [0.05, 0.1) is 17.0 Å². The molecule has 2 amide bonds. The average molecular weight is 508 g/mol. The van der Waals surface area contributed by atoms with Crippen LogP contribution >= 0.6 is 23.1 Å². The van der Waals surface area contributed by atoms with E-state index in [9.17, 15) is 14.4 Å². The van der Waals surface area contributed by atoms with Gasteiger partial charge >= 0.3 is 5.97 Å². The lowest BCUT2D eigenvalue weighted by Crippen LogP contribution is -2.38. The number of cyclic esters (lactones) is 1. The Kier molecular flexibility index (Phi) is 6.88. The van der Waals surface area contributed by atoms with Crippen LogP contribution in [0.1, 0.15) is 55.7 Å². The van der Waals surface area contributed by atoms with Crippen molar-refractivity contribution in [2.45, 2.75) is 36.7 Å². The lowest BCUT2D eigenvalue weighted by Gasteiger charge is -2.31. The third-order valence-corrected chi connectivity index (χ3v) is 8.16. The maximum atomic E-state index is 12.7. The highest BCUT2D eigenvalue weighted by Crippen LogP contribution is 2.31. The van der Waals surface area contributed by atoms with Gasteiger partial charge in [-0.3, -0.25) is 9.59 Å². The number of thioether (sulfide) groups is 1. The summed E-state index contributed by atoms with van der Waals surface area (Å²) in [6, 6.07) is 13.3. The molecule has 0 saturated carbocycles. The van der Waals surface area contributed by atoms with Crippen LogP contribution in [0.2, 0.25) is 0 Å². The molecule has 1 aromatic heterocycles. The highest BCUT2D eigenvalue weighted by Gasteiger charge is 2.27. The zero-order valence-corrected chi connectivity index (χ0v) is 20.9. The maximum absolute atomic E-state index is 12.7. The minimum atomic E-state index is -0.370. The second-order valence-electron chi connectivity index (χ2n) is 8.65. The Morgan fingerprint density at radius 2 is 1.94 bits per heavy atom. The number of piperidine rings is 1. The summed E-state index contributed by atoms with van der Waals surface area (Å²) < 4.78 is 5.01. The number of anilines is 1. The third kappa shape index (κ3) is 5.26. The number of likely N-dealkylation sites (tertiary alicyclic amines) is 1. The minimum Gasteiger partial charge on any atom is -0.457 e. The summed E-state index contributed by atoms with van der Waals surface area (Å²) in [6.45, 7) is 1.66. The molecule has 0 atom stereocenters. The van der Waals surface area contributed by atoms with Gasteiger partial charge in [0.2, 0.25) is 5.91 Å². The van der Waals surface area contributed by atoms with E-state index in [1.54, 1.807) is 35.3 Å². The molecule has 0 aliphatic carbocycles. The Balaban J connectivity index is 1.15. The molecule has 1 saturated heterocycles. The van der Waals surface area contributed by atoms with Gasteiger partial charge in [-0.1, -0.05) is 18.2 Å². The number of hydrogen-bond donors (Lipinski definition) is 1. The zero-order chi connectivity index (χ0) is 24.4. The smallest absolute Gasteiger partial charge is 0.338 e. The number of carbonyl (C=O) groups is 3. The molecule has 0 bridgehead atoms. The number of aromatic nitrogens is 1. The molecule has 2 aliphatic heterocycles. The van der Waals surface area contributed by atoms with Crippen molar-refractivity contribution in [3.8, 4) is 0 Å². The van der Waals surface area contributed by atoms with Crippen molar-refractivity contribution in [1.82, 2.24) is 9.88 Å². The fraction of sp³-hybridized carbons (Fsp3) is 0.308. The fourth-order valence-electron chi connectivity index (χ4n) is 4.37. The van der Waals surface area contributed by atoms with Gasteiger partial charge < -0.3 is 15.0 Å². The molecule has 1 N–H and O–H groups in total. The Morgan fingerprint density at radius 3 is 2.69 bits per heavy atom. The predicted molar refractivity (Wildman–Crippen MR) is 136 cm³/mol. The molecule has 3 heterocycles. The summed E-state index contributed by atoms with van der Waals surface area (Å²) >= 11 is 3.17. The molecule has 9 heteroatoms. The van der Waals surface area contributed by atoms with Crippen molar-refractivity contribution in [3.63, 3.8) is 0 Å². The molecule has 0 unspecified atom stereocenters. The first-order chi connectivity index (χ1) is 17.0. The number of carbonyl (C=O) groups excluding carboxylic acids is 3. The molecule has 3 aromatic rings. The summed E-state index contributed by atoms with van der Waals surface area (Å²) in [7, 11) is 0. The Labute approximate surface area is 211 Å². The molecule has 7 nitrogen and oxygen atoms in total. The number of hydrogen-bond acceptors (Lipinski definition) is 7. The maximum Gasteiger partial charge on any atom is 0.338 e. The Bertz CT molecular complexity index is 1260. The van der Waals surface area contributed by atoms with Crippen molar-refractivity contribution in [3.05, 3.63) is 75.2 Å². The van der Waals surface area contributed by atoms with E-state index in [2.05, 4.69) is 10.3 Å². The summed E-state index contributed by atoms with van der Waals surface area (Å²) in [5.74, 6) is -0.289. The largest absolute Gasteiger partial charge is 0.457 e. The van der Waals surface area contributed by atoms with Crippen LogP contribution in [-0.4, -0.2) is 47.0 Å². The number of nitrogens with zero attached hydrogens (tertiary/aromatic N) is 2. The van der Waals surface area contributed by atoms with Gasteiger partial charge in [0.15, 0.2) is 0 Å². The highest BCUT2D eigenvalue weighted by molar-refractivity contribution is 7.98. The summed E-state index contributed by atoms with van der Waals surface area (Å²) in [5, 5.41) is 5.51. The van der Waals surface area contributed by atoms with Crippen LogP contribution in [0.15, 0.2) is 52.7 Å². The standard InChI is InChI=1S/C26H25N3O4S2/c1-34-20-6-2-16(3-7-20)12-23(30)29-10-8-17(9-11-29)25-28-22(15-35-25)24(31)27-19-5-4-18-14-33-26(32)21(18)13-19/h2-7,13,15,17H,8-12,14H2,1H3,(H,27,31). The van der Waals surface area contributed by atoms with Gasteiger partial charge in [0, 0.05) is 40.5 Å². The van der Waals surface area contributed by atoms with Crippen LogP contribution in [0.3, 0.4) is 0 Å². The van der Waals surface area contributed by atoms with Gasteiger partial charge in [0.1, 0.15) is 12.3 Å².